The van der Waals surface area contributed by atoms with Crippen LogP contribution in [-0.4, -0.2) is 35.6 Å². The minimum Gasteiger partial charge on any atom is -0.480 e. The Morgan fingerprint density at radius 1 is 1.46 bits per heavy atom. The van der Waals surface area contributed by atoms with Crippen LogP contribution in [0.2, 0.25) is 0 Å². The lowest BCUT2D eigenvalue weighted by molar-refractivity contribution is -0.139. The van der Waals surface area contributed by atoms with E-state index < -0.39 is 23.9 Å². The summed E-state index contributed by atoms with van der Waals surface area (Å²) in [5, 5.41) is 12.5. The minimum absolute atomic E-state index is 0.267. The molecule has 5 N–H and O–H groups in total. The van der Waals surface area contributed by atoms with E-state index in [4.69, 9.17) is 5.11 Å². The molecule has 0 fully saturated rings. The van der Waals surface area contributed by atoms with Gasteiger partial charge in [0.15, 0.2) is 0 Å². The summed E-state index contributed by atoms with van der Waals surface area (Å²) < 4.78 is 0. The van der Waals surface area contributed by atoms with Gasteiger partial charge in [-0.2, -0.15) is 0 Å². The number of urea groups is 1. The van der Waals surface area contributed by atoms with Gasteiger partial charge in [0, 0.05) is 0 Å². The zero-order valence-electron chi connectivity index (χ0n) is 7.03. The molecule has 0 spiro atoms. The van der Waals surface area contributed by atoms with Gasteiger partial charge in [-0.3, -0.25) is 20.2 Å². The van der Waals surface area contributed by atoms with Crippen LogP contribution < -0.4 is 16.4 Å². The van der Waals surface area contributed by atoms with Crippen LogP contribution in [0, 0.1) is 0 Å². The van der Waals surface area contributed by atoms with Crippen molar-refractivity contribution >= 4 is 17.9 Å². The maximum Gasteiger partial charge on any atom is 0.320 e. The van der Waals surface area contributed by atoms with Gasteiger partial charge < -0.3 is 10.8 Å². The maximum absolute atomic E-state index is 10.7. The number of nitrogens with one attached hydrogen (secondary N) is 2. The van der Waals surface area contributed by atoms with Crippen molar-refractivity contribution in [1.29, 1.82) is 0 Å². The van der Waals surface area contributed by atoms with E-state index in [1.165, 1.54) is 6.92 Å². The summed E-state index contributed by atoms with van der Waals surface area (Å²) >= 11 is 0. The van der Waals surface area contributed by atoms with Gasteiger partial charge in [0.05, 0.1) is 6.54 Å². The summed E-state index contributed by atoms with van der Waals surface area (Å²) in [6.07, 6.45) is 0. The first-order valence-electron chi connectivity index (χ1n) is 3.49. The maximum atomic E-state index is 10.7. The topological polar surface area (TPSA) is 122 Å². The van der Waals surface area contributed by atoms with Crippen molar-refractivity contribution in [2.75, 3.05) is 6.54 Å². The van der Waals surface area contributed by atoms with Crippen molar-refractivity contribution in [2.24, 2.45) is 5.73 Å². The summed E-state index contributed by atoms with van der Waals surface area (Å²) in [4.78, 5) is 31.1. The second-order valence-corrected chi connectivity index (χ2v) is 2.35. The van der Waals surface area contributed by atoms with Gasteiger partial charge in [-0.1, -0.05) is 0 Å². The van der Waals surface area contributed by atoms with Crippen molar-refractivity contribution in [1.82, 2.24) is 10.6 Å². The lowest BCUT2D eigenvalue weighted by Crippen LogP contribution is -2.44. The Morgan fingerprint density at radius 2 is 2.00 bits per heavy atom. The molecule has 0 unspecified atom stereocenters. The van der Waals surface area contributed by atoms with Crippen LogP contribution in [0.4, 0.5) is 4.79 Å². The van der Waals surface area contributed by atoms with Crippen LogP contribution in [0.25, 0.3) is 0 Å². The van der Waals surface area contributed by atoms with Crippen molar-refractivity contribution in [3.05, 3.63) is 0 Å². The molecule has 7 heteroatoms. The van der Waals surface area contributed by atoms with Crippen LogP contribution in [0.5, 0.6) is 0 Å². The number of aliphatic carboxylic acids is 1. The van der Waals surface area contributed by atoms with Crippen LogP contribution in [0.3, 0.4) is 0 Å². The smallest absolute Gasteiger partial charge is 0.320 e. The summed E-state index contributed by atoms with van der Waals surface area (Å²) in [7, 11) is 0. The fraction of sp³-hybridized carbons (Fsp3) is 0.500. The molecule has 0 saturated heterocycles. The average molecular weight is 189 g/mol. The molecule has 0 rings (SSSR count). The highest BCUT2D eigenvalue weighted by Crippen LogP contribution is 1.79. The van der Waals surface area contributed by atoms with Crippen LogP contribution >= 0.6 is 0 Å². The van der Waals surface area contributed by atoms with Crippen LogP contribution in [-0.2, 0) is 9.59 Å². The number of rotatable bonds is 4. The summed E-state index contributed by atoms with van der Waals surface area (Å²) in [6, 6.07) is -1.81. The molecular weight excluding hydrogens is 178 g/mol. The number of carbonyl (C=O) groups is 3. The van der Waals surface area contributed by atoms with E-state index in [1.54, 1.807) is 5.32 Å². The zero-order chi connectivity index (χ0) is 10.4. The van der Waals surface area contributed by atoms with Gasteiger partial charge in [0.25, 0.3) is 0 Å². The molecule has 74 valence electrons. The van der Waals surface area contributed by atoms with Crippen molar-refractivity contribution in [3.63, 3.8) is 0 Å². The molecule has 0 aliphatic rings. The second kappa shape index (κ2) is 5.09. The van der Waals surface area contributed by atoms with Crippen LogP contribution in [0.15, 0.2) is 0 Å². The zero-order valence-corrected chi connectivity index (χ0v) is 7.03. The Balaban J connectivity index is 3.70. The number of primary amides is 1. The number of amides is 3. The highest BCUT2D eigenvalue weighted by atomic mass is 16.4. The molecule has 0 aromatic carbocycles. The van der Waals surface area contributed by atoms with Gasteiger partial charge in [-0.05, 0) is 6.92 Å². The first kappa shape index (κ1) is 11.4. The molecule has 7 nitrogen and oxygen atoms in total. The average Bonchev–Trinajstić information content (AvgIpc) is 1.98. The van der Waals surface area contributed by atoms with Crippen molar-refractivity contribution in [2.45, 2.75) is 13.0 Å². The number of imide groups is 1. The molecule has 0 aliphatic heterocycles. The number of nitrogens with two attached hydrogens (primary N) is 1. The standard InChI is InChI=1S/C6H11N3O4/c1-3(5(11)12)8-2-4(10)9-6(7)13/h3,8H,2H2,1H3,(H,11,12)(H3,7,9,10,13)/t3-/m1/s1. The van der Waals surface area contributed by atoms with E-state index in [1.807, 2.05) is 0 Å². The Morgan fingerprint density at radius 3 is 2.38 bits per heavy atom. The largest absolute Gasteiger partial charge is 0.480 e. The third-order valence-electron chi connectivity index (χ3n) is 1.20. The van der Waals surface area contributed by atoms with Crippen molar-refractivity contribution < 1.29 is 19.5 Å². The number of carboxylic acid groups (broad SMARTS) is 1. The Hall–Kier alpha value is -1.63. The molecular formula is C6H11N3O4. The normalized spacial score (nSPS) is 11.8. The van der Waals surface area contributed by atoms with Gasteiger partial charge >= 0.3 is 12.0 Å². The van der Waals surface area contributed by atoms with Gasteiger partial charge in [0.1, 0.15) is 6.04 Å². The van der Waals surface area contributed by atoms with E-state index in [-0.39, 0.29) is 6.54 Å². The summed E-state index contributed by atoms with van der Waals surface area (Å²) in [5.41, 5.74) is 4.64. The first-order valence-corrected chi connectivity index (χ1v) is 3.49. The Labute approximate surface area is 74.3 Å². The van der Waals surface area contributed by atoms with Gasteiger partial charge in [-0.25, -0.2) is 4.79 Å². The molecule has 0 radical (unpaired) electrons. The second-order valence-electron chi connectivity index (χ2n) is 2.35. The number of hydrogen-bond donors (Lipinski definition) is 4. The van der Waals surface area contributed by atoms with E-state index >= 15 is 0 Å². The monoisotopic (exact) mass is 189 g/mol. The summed E-state index contributed by atoms with van der Waals surface area (Å²) in [6.45, 7) is 1.11. The van der Waals surface area contributed by atoms with E-state index in [0.717, 1.165) is 0 Å². The highest BCUT2D eigenvalue weighted by Gasteiger charge is 2.11. The number of carbonyl (C=O) groups excluding carboxylic acids is 2. The van der Waals surface area contributed by atoms with Gasteiger partial charge in [-0.15, -0.1) is 0 Å². The highest BCUT2D eigenvalue weighted by molar-refractivity contribution is 5.94. The Bertz CT molecular complexity index is 228. The summed E-state index contributed by atoms with van der Waals surface area (Å²) in [5.74, 6) is -1.74. The molecule has 0 aromatic rings. The molecule has 0 aromatic heterocycles. The molecule has 0 saturated carbocycles. The minimum atomic E-state index is -1.08. The quantitative estimate of drug-likeness (QED) is 0.417. The van der Waals surface area contributed by atoms with Crippen LogP contribution in [0.1, 0.15) is 6.92 Å². The molecule has 1 atom stereocenters. The third kappa shape index (κ3) is 5.62. The third-order valence-corrected chi connectivity index (χ3v) is 1.20. The Kier molecular flexibility index (Phi) is 4.45. The fourth-order valence-corrected chi connectivity index (χ4v) is 0.515. The predicted octanol–water partition coefficient (Wildman–Crippen LogP) is -1.76. The van der Waals surface area contributed by atoms with Crippen molar-refractivity contribution in [3.8, 4) is 0 Å². The number of carboxylic acids is 1. The first-order chi connectivity index (χ1) is 5.93. The lowest BCUT2D eigenvalue weighted by atomic mass is 10.3. The van der Waals surface area contributed by atoms with E-state index in [0.29, 0.717) is 0 Å². The molecule has 0 heterocycles. The van der Waals surface area contributed by atoms with E-state index in [2.05, 4.69) is 11.1 Å². The number of hydrogen-bond acceptors (Lipinski definition) is 4. The fourth-order valence-electron chi connectivity index (χ4n) is 0.515. The predicted molar refractivity (Wildman–Crippen MR) is 42.8 cm³/mol. The molecule has 13 heavy (non-hydrogen) atoms. The SMILES string of the molecule is C[C@@H](NCC(=O)NC(N)=O)C(=O)O. The molecule has 0 bridgehead atoms. The van der Waals surface area contributed by atoms with Gasteiger partial charge in [0.2, 0.25) is 5.91 Å². The lowest BCUT2D eigenvalue weighted by Gasteiger charge is -2.07. The van der Waals surface area contributed by atoms with E-state index in [9.17, 15) is 14.4 Å². The molecule has 0 aliphatic carbocycles. The molecule has 3 amide bonds.